The highest BCUT2D eigenvalue weighted by Gasteiger charge is 2.19. The minimum Gasteiger partial charge on any atom is -0.408 e. The zero-order chi connectivity index (χ0) is 14.2. The second-order valence-corrected chi connectivity index (χ2v) is 5.47. The number of aromatic nitrogens is 1. The van der Waals surface area contributed by atoms with Crippen molar-refractivity contribution in [2.45, 2.75) is 40.3 Å². The van der Waals surface area contributed by atoms with Crippen molar-refractivity contribution in [1.82, 2.24) is 4.57 Å². The number of nitrogens with zero attached hydrogens (tertiary/aromatic N) is 1. The van der Waals surface area contributed by atoms with Crippen LogP contribution in [0, 0.1) is 11.8 Å². The van der Waals surface area contributed by atoms with Crippen molar-refractivity contribution in [1.29, 1.82) is 0 Å². The summed E-state index contributed by atoms with van der Waals surface area (Å²) in [5.74, 6) is 0.579. The van der Waals surface area contributed by atoms with Crippen LogP contribution in [0.2, 0.25) is 0 Å². The van der Waals surface area contributed by atoms with Gasteiger partial charge in [0.25, 0.3) is 0 Å². The molecule has 1 aromatic heterocycles. The predicted octanol–water partition coefficient (Wildman–Crippen LogP) is 2.91. The van der Waals surface area contributed by atoms with E-state index >= 15 is 0 Å². The summed E-state index contributed by atoms with van der Waals surface area (Å²) in [4.78, 5) is 11.7. The van der Waals surface area contributed by atoms with Crippen LogP contribution in [0.5, 0.6) is 0 Å². The molecule has 2 unspecified atom stereocenters. The first-order valence-corrected chi connectivity index (χ1v) is 6.84. The average molecular weight is 262 g/mol. The molecule has 0 bridgehead atoms. The van der Waals surface area contributed by atoms with Gasteiger partial charge in [-0.3, -0.25) is 4.57 Å². The lowest BCUT2D eigenvalue weighted by Crippen LogP contribution is -2.23. The summed E-state index contributed by atoms with van der Waals surface area (Å²) >= 11 is 0. The van der Waals surface area contributed by atoms with Crippen molar-refractivity contribution in [3.8, 4) is 0 Å². The van der Waals surface area contributed by atoms with Crippen molar-refractivity contribution >= 4 is 11.1 Å². The molecule has 2 N–H and O–H groups in total. The predicted molar refractivity (Wildman–Crippen MR) is 77.1 cm³/mol. The van der Waals surface area contributed by atoms with E-state index in [9.17, 15) is 4.79 Å². The lowest BCUT2D eigenvalue weighted by Gasteiger charge is -2.23. The molecule has 1 aromatic carbocycles. The first kappa shape index (κ1) is 13.9. The van der Waals surface area contributed by atoms with Crippen LogP contribution in [-0.4, -0.2) is 4.57 Å². The van der Waals surface area contributed by atoms with Crippen LogP contribution in [0.15, 0.2) is 27.4 Å². The Balaban J connectivity index is 2.45. The molecular weight excluding hydrogens is 240 g/mol. The van der Waals surface area contributed by atoms with E-state index in [-0.39, 0.29) is 11.8 Å². The molecule has 0 fully saturated rings. The quantitative estimate of drug-likeness (QED) is 0.921. The Morgan fingerprint density at radius 3 is 2.58 bits per heavy atom. The molecule has 2 rings (SSSR count). The number of benzene rings is 1. The summed E-state index contributed by atoms with van der Waals surface area (Å²) in [5, 5.41) is 0. The van der Waals surface area contributed by atoms with Gasteiger partial charge in [0.05, 0.1) is 5.52 Å². The molecule has 0 aliphatic carbocycles. The van der Waals surface area contributed by atoms with Gasteiger partial charge in [-0.2, -0.15) is 0 Å². The molecule has 0 radical (unpaired) electrons. The fourth-order valence-electron chi connectivity index (χ4n) is 2.31. The Kier molecular flexibility index (Phi) is 3.80. The average Bonchev–Trinajstić information content (AvgIpc) is 2.70. The molecule has 19 heavy (non-hydrogen) atoms. The molecule has 2 aromatic rings. The number of aryl methyl sites for hydroxylation is 1. The third kappa shape index (κ3) is 2.45. The molecule has 104 valence electrons. The third-order valence-electron chi connectivity index (χ3n) is 4.01. The first-order chi connectivity index (χ1) is 8.95. The van der Waals surface area contributed by atoms with Crippen molar-refractivity contribution < 1.29 is 4.42 Å². The summed E-state index contributed by atoms with van der Waals surface area (Å²) in [5.41, 5.74) is 8.76. The van der Waals surface area contributed by atoms with E-state index in [0.29, 0.717) is 24.0 Å². The zero-order valence-electron chi connectivity index (χ0n) is 12.0. The monoisotopic (exact) mass is 262 g/mol. The van der Waals surface area contributed by atoms with Crippen LogP contribution in [0.1, 0.15) is 39.3 Å². The van der Waals surface area contributed by atoms with E-state index in [1.807, 2.05) is 25.1 Å². The van der Waals surface area contributed by atoms with Crippen molar-refractivity contribution in [2.75, 3.05) is 0 Å². The normalized spacial score (nSPS) is 15.1. The molecule has 0 amide bonds. The Hall–Kier alpha value is -1.55. The van der Waals surface area contributed by atoms with E-state index in [0.717, 1.165) is 11.1 Å². The molecule has 1 heterocycles. The number of oxazole rings is 1. The molecule has 0 aliphatic heterocycles. The third-order valence-corrected chi connectivity index (χ3v) is 4.01. The largest absolute Gasteiger partial charge is 0.419 e. The molecule has 0 aliphatic rings. The van der Waals surface area contributed by atoms with Gasteiger partial charge in [0.1, 0.15) is 0 Å². The maximum absolute atomic E-state index is 11.7. The van der Waals surface area contributed by atoms with E-state index in [2.05, 4.69) is 20.8 Å². The highest BCUT2D eigenvalue weighted by molar-refractivity contribution is 5.73. The fraction of sp³-hybridized carbons (Fsp3) is 0.533. The van der Waals surface area contributed by atoms with Gasteiger partial charge in [-0.1, -0.05) is 26.8 Å². The van der Waals surface area contributed by atoms with E-state index < -0.39 is 0 Å². The van der Waals surface area contributed by atoms with Gasteiger partial charge >= 0.3 is 5.76 Å². The summed E-state index contributed by atoms with van der Waals surface area (Å²) in [6.07, 6.45) is 0. The standard InChI is InChI=1S/C15H22N2O2/c1-5-17-12-7-6-11(8-13(12)19-15(17)18)14(16)10(4)9(2)3/h6-10,14H,5,16H2,1-4H3. The lowest BCUT2D eigenvalue weighted by molar-refractivity contribution is 0.352. The van der Waals surface area contributed by atoms with Gasteiger partial charge in [0, 0.05) is 12.6 Å². The molecule has 4 nitrogen and oxygen atoms in total. The Morgan fingerprint density at radius 2 is 2.00 bits per heavy atom. The number of nitrogens with two attached hydrogens (primary N) is 1. The van der Waals surface area contributed by atoms with E-state index in [1.165, 1.54) is 0 Å². The smallest absolute Gasteiger partial charge is 0.408 e. The SMILES string of the molecule is CCn1c(=O)oc2cc(C(N)C(C)C(C)C)ccc21. The highest BCUT2D eigenvalue weighted by Crippen LogP contribution is 2.27. The highest BCUT2D eigenvalue weighted by atomic mass is 16.4. The Morgan fingerprint density at radius 1 is 1.32 bits per heavy atom. The Bertz CT molecular complexity index is 625. The van der Waals surface area contributed by atoms with Crippen LogP contribution >= 0.6 is 0 Å². The molecular formula is C15H22N2O2. The van der Waals surface area contributed by atoms with Gasteiger partial charge in [0.2, 0.25) is 0 Å². The molecule has 2 atom stereocenters. The van der Waals surface area contributed by atoms with Gasteiger partial charge < -0.3 is 10.2 Å². The van der Waals surface area contributed by atoms with Crippen LogP contribution in [0.4, 0.5) is 0 Å². The number of hydrogen-bond acceptors (Lipinski definition) is 3. The van der Waals surface area contributed by atoms with Crippen LogP contribution in [0.25, 0.3) is 11.1 Å². The second-order valence-electron chi connectivity index (χ2n) is 5.47. The zero-order valence-corrected chi connectivity index (χ0v) is 12.0. The molecule has 0 spiro atoms. The number of hydrogen-bond donors (Lipinski definition) is 1. The Labute approximate surface area is 113 Å². The van der Waals surface area contributed by atoms with Crippen LogP contribution < -0.4 is 11.5 Å². The van der Waals surface area contributed by atoms with E-state index in [4.69, 9.17) is 10.2 Å². The van der Waals surface area contributed by atoms with Gasteiger partial charge in [-0.15, -0.1) is 0 Å². The fourth-order valence-corrected chi connectivity index (χ4v) is 2.31. The van der Waals surface area contributed by atoms with Gasteiger partial charge in [-0.25, -0.2) is 4.79 Å². The summed E-state index contributed by atoms with van der Waals surface area (Å²) < 4.78 is 6.89. The second kappa shape index (κ2) is 5.21. The van der Waals surface area contributed by atoms with E-state index in [1.54, 1.807) is 4.57 Å². The minimum atomic E-state index is -0.305. The van der Waals surface area contributed by atoms with Crippen molar-refractivity contribution in [3.63, 3.8) is 0 Å². The molecule has 4 heteroatoms. The minimum absolute atomic E-state index is 0.0420. The molecule has 0 saturated carbocycles. The topological polar surface area (TPSA) is 61.2 Å². The maximum atomic E-state index is 11.7. The van der Waals surface area contributed by atoms with Crippen molar-refractivity contribution in [3.05, 3.63) is 34.3 Å². The maximum Gasteiger partial charge on any atom is 0.419 e. The van der Waals surface area contributed by atoms with Gasteiger partial charge in [0.15, 0.2) is 5.58 Å². The first-order valence-electron chi connectivity index (χ1n) is 6.84. The van der Waals surface area contributed by atoms with Crippen molar-refractivity contribution in [2.24, 2.45) is 17.6 Å². The summed E-state index contributed by atoms with van der Waals surface area (Å²) in [6, 6.07) is 5.77. The molecule has 0 saturated heterocycles. The van der Waals surface area contributed by atoms with Crippen LogP contribution in [0.3, 0.4) is 0 Å². The number of rotatable bonds is 4. The van der Waals surface area contributed by atoms with Gasteiger partial charge in [-0.05, 0) is 36.5 Å². The summed E-state index contributed by atoms with van der Waals surface area (Å²) in [6.45, 7) is 9.01. The number of fused-ring (bicyclic) bond motifs is 1. The summed E-state index contributed by atoms with van der Waals surface area (Å²) in [7, 11) is 0. The lowest BCUT2D eigenvalue weighted by atomic mass is 9.87. The van der Waals surface area contributed by atoms with Crippen LogP contribution in [-0.2, 0) is 6.54 Å².